The fraction of sp³-hybridized carbons (Fsp3) is 0.455. The highest BCUT2D eigenvalue weighted by molar-refractivity contribution is 7.17. The van der Waals surface area contributed by atoms with Gasteiger partial charge in [0.25, 0.3) is 5.91 Å². The first-order chi connectivity index (χ1) is 13.3. The maximum absolute atomic E-state index is 13.1. The smallest absolute Gasteiger partial charge is 0.341 e. The summed E-state index contributed by atoms with van der Waals surface area (Å²) in [4.78, 5) is 26.2. The number of nitrogens with one attached hydrogen (secondary N) is 1. The van der Waals surface area contributed by atoms with Gasteiger partial charge in [-0.2, -0.15) is 0 Å². The highest BCUT2D eigenvalue weighted by Crippen LogP contribution is 2.45. The van der Waals surface area contributed by atoms with Crippen molar-refractivity contribution in [3.05, 3.63) is 51.7 Å². The fourth-order valence-electron chi connectivity index (χ4n) is 3.72. The third kappa shape index (κ3) is 3.97. The number of anilines is 1. The zero-order chi connectivity index (χ0) is 20.5. The molecule has 0 bridgehead atoms. The van der Waals surface area contributed by atoms with E-state index in [0.29, 0.717) is 22.0 Å². The summed E-state index contributed by atoms with van der Waals surface area (Å²) < 4.78 is 18.1. The SMILES string of the molecule is CCC(C)(C)C1CCc2c(sc(NC(=O)c3ccc(F)cc3)c2C(=O)OC)C1. The minimum absolute atomic E-state index is 0.227. The Labute approximate surface area is 169 Å². The van der Waals surface area contributed by atoms with Crippen LogP contribution in [0.3, 0.4) is 0 Å². The van der Waals surface area contributed by atoms with Gasteiger partial charge in [0, 0.05) is 10.4 Å². The van der Waals surface area contributed by atoms with Crippen molar-refractivity contribution in [3.8, 4) is 0 Å². The van der Waals surface area contributed by atoms with Gasteiger partial charge in [-0.15, -0.1) is 11.3 Å². The molecule has 1 aliphatic carbocycles. The Kier molecular flexibility index (Phi) is 5.89. The number of hydrogen-bond acceptors (Lipinski definition) is 4. The molecule has 6 heteroatoms. The molecule has 1 atom stereocenters. The van der Waals surface area contributed by atoms with E-state index in [-0.39, 0.29) is 11.3 Å². The molecule has 4 nitrogen and oxygen atoms in total. The molecule has 0 saturated carbocycles. The molecule has 1 heterocycles. The van der Waals surface area contributed by atoms with E-state index < -0.39 is 11.8 Å². The van der Waals surface area contributed by atoms with E-state index in [1.165, 1.54) is 42.7 Å². The number of carbonyl (C=O) groups excluding carboxylic acids is 2. The third-order valence-corrected chi connectivity index (χ3v) is 7.17. The van der Waals surface area contributed by atoms with Gasteiger partial charge in [-0.25, -0.2) is 9.18 Å². The summed E-state index contributed by atoms with van der Waals surface area (Å²) in [7, 11) is 1.35. The van der Waals surface area contributed by atoms with Crippen molar-refractivity contribution < 1.29 is 18.7 Å². The molecule has 1 aromatic heterocycles. The second-order valence-corrected chi connectivity index (χ2v) is 9.05. The van der Waals surface area contributed by atoms with Crippen LogP contribution in [-0.4, -0.2) is 19.0 Å². The Hall–Kier alpha value is -2.21. The molecule has 1 aliphatic rings. The Balaban J connectivity index is 1.92. The van der Waals surface area contributed by atoms with Crippen LogP contribution < -0.4 is 5.32 Å². The molecule has 1 N–H and O–H groups in total. The van der Waals surface area contributed by atoms with Crippen molar-refractivity contribution in [2.45, 2.75) is 46.5 Å². The maximum atomic E-state index is 13.1. The van der Waals surface area contributed by atoms with Crippen LogP contribution in [0.2, 0.25) is 0 Å². The highest BCUT2D eigenvalue weighted by atomic mass is 32.1. The van der Waals surface area contributed by atoms with Crippen molar-refractivity contribution in [3.63, 3.8) is 0 Å². The number of halogens is 1. The van der Waals surface area contributed by atoms with Crippen molar-refractivity contribution in [2.24, 2.45) is 11.3 Å². The number of fused-ring (bicyclic) bond motifs is 1. The summed E-state index contributed by atoms with van der Waals surface area (Å²) in [6.07, 6.45) is 3.81. The Bertz CT molecular complexity index is 886. The van der Waals surface area contributed by atoms with E-state index >= 15 is 0 Å². The average molecular weight is 404 g/mol. The molecule has 3 rings (SSSR count). The second kappa shape index (κ2) is 8.03. The van der Waals surface area contributed by atoms with Crippen LogP contribution in [0.25, 0.3) is 0 Å². The number of esters is 1. The highest BCUT2D eigenvalue weighted by Gasteiger charge is 2.35. The van der Waals surface area contributed by atoms with E-state index in [1.807, 2.05) is 0 Å². The standard InChI is InChI=1S/C22H26FNO3S/c1-5-22(2,3)14-8-11-16-17(12-14)28-20(18(16)21(26)27-4)24-19(25)13-6-9-15(23)10-7-13/h6-7,9-10,14H,5,8,11-12H2,1-4H3,(H,24,25). The lowest BCUT2D eigenvalue weighted by Gasteiger charge is -2.36. The summed E-state index contributed by atoms with van der Waals surface area (Å²) in [5, 5.41) is 3.36. The number of carbonyl (C=O) groups is 2. The van der Waals surface area contributed by atoms with Crippen LogP contribution in [0.15, 0.2) is 24.3 Å². The topological polar surface area (TPSA) is 55.4 Å². The lowest BCUT2D eigenvalue weighted by molar-refractivity contribution is 0.0600. The third-order valence-electron chi connectivity index (χ3n) is 6.00. The number of rotatable bonds is 5. The fourth-order valence-corrected chi connectivity index (χ4v) is 5.03. The molecule has 1 unspecified atom stereocenters. The van der Waals surface area contributed by atoms with Gasteiger partial charge in [-0.1, -0.05) is 27.2 Å². The van der Waals surface area contributed by atoms with Gasteiger partial charge in [0.2, 0.25) is 0 Å². The molecule has 0 spiro atoms. The van der Waals surface area contributed by atoms with Crippen molar-refractivity contribution >= 4 is 28.2 Å². The molecular formula is C22H26FNO3S. The van der Waals surface area contributed by atoms with Gasteiger partial charge in [-0.05, 0) is 60.4 Å². The monoisotopic (exact) mass is 403 g/mol. The number of thiophene rings is 1. The number of methoxy groups -OCH3 is 1. The van der Waals surface area contributed by atoms with Gasteiger partial charge in [0.1, 0.15) is 10.8 Å². The average Bonchev–Trinajstić information content (AvgIpc) is 3.04. The van der Waals surface area contributed by atoms with E-state index in [4.69, 9.17) is 4.74 Å². The summed E-state index contributed by atoms with van der Waals surface area (Å²) in [5.74, 6) is -0.660. The van der Waals surface area contributed by atoms with E-state index in [9.17, 15) is 14.0 Å². The Morgan fingerprint density at radius 1 is 1.29 bits per heavy atom. The molecule has 0 saturated heterocycles. The van der Waals surface area contributed by atoms with Crippen molar-refractivity contribution in [1.82, 2.24) is 0 Å². The summed E-state index contributed by atoms with van der Waals surface area (Å²) in [6.45, 7) is 6.78. The first-order valence-corrected chi connectivity index (χ1v) is 10.4. The minimum atomic E-state index is -0.430. The van der Waals surface area contributed by atoms with Crippen LogP contribution in [0, 0.1) is 17.2 Å². The number of benzene rings is 1. The lowest BCUT2D eigenvalue weighted by Crippen LogP contribution is -2.28. The van der Waals surface area contributed by atoms with Crippen molar-refractivity contribution in [2.75, 3.05) is 12.4 Å². The van der Waals surface area contributed by atoms with Gasteiger partial charge >= 0.3 is 5.97 Å². The van der Waals surface area contributed by atoms with Crippen LogP contribution in [-0.2, 0) is 17.6 Å². The first kappa shape index (κ1) is 20.5. The predicted molar refractivity (Wildman–Crippen MR) is 110 cm³/mol. The molecular weight excluding hydrogens is 377 g/mol. The van der Waals surface area contributed by atoms with Gasteiger partial charge in [-0.3, -0.25) is 4.79 Å². The summed E-state index contributed by atoms with van der Waals surface area (Å²) >= 11 is 1.46. The normalized spacial score (nSPS) is 16.4. The first-order valence-electron chi connectivity index (χ1n) is 9.56. The quantitative estimate of drug-likeness (QED) is 0.674. The van der Waals surface area contributed by atoms with Gasteiger partial charge in [0.05, 0.1) is 12.7 Å². The van der Waals surface area contributed by atoms with Gasteiger partial charge < -0.3 is 10.1 Å². The largest absolute Gasteiger partial charge is 0.465 e. The number of amides is 1. The maximum Gasteiger partial charge on any atom is 0.341 e. The van der Waals surface area contributed by atoms with Crippen LogP contribution in [0.1, 0.15) is 64.8 Å². The Morgan fingerprint density at radius 2 is 1.96 bits per heavy atom. The molecule has 0 radical (unpaired) electrons. The molecule has 28 heavy (non-hydrogen) atoms. The Morgan fingerprint density at radius 3 is 2.57 bits per heavy atom. The van der Waals surface area contributed by atoms with Crippen LogP contribution >= 0.6 is 11.3 Å². The summed E-state index contributed by atoms with van der Waals surface area (Å²) in [5.41, 5.74) is 2.03. The van der Waals surface area contributed by atoms with Crippen LogP contribution in [0.4, 0.5) is 9.39 Å². The zero-order valence-corrected chi connectivity index (χ0v) is 17.5. The molecule has 1 amide bonds. The van der Waals surface area contributed by atoms with Gasteiger partial charge in [0.15, 0.2) is 0 Å². The van der Waals surface area contributed by atoms with Crippen molar-refractivity contribution in [1.29, 1.82) is 0 Å². The summed E-state index contributed by atoms with van der Waals surface area (Å²) in [6, 6.07) is 5.34. The number of hydrogen-bond donors (Lipinski definition) is 1. The second-order valence-electron chi connectivity index (χ2n) is 7.94. The number of ether oxygens (including phenoxy) is 1. The van der Waals surface area contributed by atoms with E-state index in [0.717, 1.165) is 36.1 Å². The molecule has 2 aromatic rings. The molecule has 0 fully saturated rings. The molecule has 1 aromatic carbocycles. The van der Waals surface area contributed by atoms with E-state index in [2.05, 4.69) is 26.1 Å². The lowest BCUT2D eigenvalue weighted by atomic mass is 9.69. The van der Waals surface area contributed by atoms with Crippen LogP contribution in [0.5, 0.6) is 0 Å². The predicted octanol–water partition coefficient (Wildman–Crippen LogP) is 5.47. The molecule has 150 valence electrons. The zero-order valence-electron chi connectivity index (χ0n) is 16.7. The van der Waals surface area contributed by atoms with E-state index in [1.54, 1.807) is 0 Å². The molecule has 0 aliphatic heterocycles. The minimum Gasteiger partial charge on any atom is -0.465 e.